The van der Waals surface area contributed by atoms with Crippen LogP contribution in [0.4, 0.5) is 0 Å². The number of rotatable bonds is 15. The number of carbonyl (C=O) groups is 6. The van der Waals surface area contributed by atoms with E-state index < -0.39 is 72.5 Å². The number of hydrogen-bond acceptors (Lipinski definition) is 8. The van der Waals surface area contributed by atoms with Crippen molar-refractivity contribution in [1.82, 2.24) is 30.9 Å². The van der Waals surface area contributed by atoms with E-state index in [1.165, 1.54) is 12.5 Å². The van der Waals surface area contributed by atoms with E-state index in [0.29, 0.717) is 11.3 Å². The van der Waals surface area contributed by atoms with E-state index in [1.54, 1.807) is 18.3 Å². The van der Waals surface area contributed by atoms with E-state index in [-0.39, 0.29) is 12.8 Å². The van der Waals surface area contributed by atoms with Crippen molar-refractivity contribution in [2.24, 2.45) is 17.2 Å². The van der Waals surface area contributed by atoms with Crippen LogP contribution in [-0.2, 0) is 41.6 Å². The third-order valence-electron chi connectivity index (χ3n) is 6.12. The summed E-state index contributed by atoms with van der Waals surface area (Å²) in [7, 11) is 0. The van der Waals surface area contributed by atoms with Crippen molar-refractivity contribution in [3.63, 3.8) is 0 Å². The van der Waals surface area contributed by atoms with Gasteiger partial charge in [-0.25, -0.2) is 9.78 Å². The molecule has 0 aliphatic carbocycles. The Kier molecular flexibility index (Phi) is 10.1. The molecule has 0 aliphatic heterocycles. The van der Waals surface area contributed by atoms with E-state index in [1.807, 2.05) is 12.1 Å². The van der Waals surface area contributed by atoms with Crippen LogP contribution in [0.2, 0.25) is 0 Å². The fraction of sp³-hybridized carbons (Fsp3) is 0.320. The van der Waals surface area contributed by atoms with Crippen LogP contribution in [0.15, 0.2) is 43.0 Å². The van der Waals surface area contributed by atoms with Crippen LogP contribution >= 0.6 is 0 Å². The molecule has 2 heterocycles. The number of nitrogens with two attached hydrogens (primary N) is 3. The molecule has 218 valence electrons. The number of H-pyrrole nitrogens is 2. The summed E-state index contributed by atoms with van der Waals surface area (Å²) in [5.41, 5.74) is 17.8. The number of amides is 5. The van der Waals surface area contributed by atoms with Gasteiger partial charge in [-0.2, -0.15) is 0 Å². The number of hydrogen-bond donors (Lipinski definition) is 9. The van der Waals surface area contributed by atoms with Crippen LogP contribution in [0.1, 0.15) is 24.1 Å². The summed E-state index contributed by atoms with van der Waals surface area (Å²) in [6.07, 6.45) is 3.10. The van der Waals surface area contributed by atoms with Gasteiger partial charge in [0.2, 0.25) is 29.5 Å². The van der Waals surface area contributed by atoms with Crippen molar-refractivity contribution in [3.05, 3.63) is 54.2 Å². The van der Waals surface area contributed by atoms with Crippen LogP contribution < -0.4 is 33.2 Å². The van der Waals surface area contributed by atoms with Crippen LogP contribution in [0.5, 0.6) is 0 Å². The number of nitrogens with one attached hydrogen (secondary N) is 5. The second kappa shape index (κ2) is 13.7. The third kappa shape index (κ3) is 8.62. The minimum Gasteiger partial charge on any atom is -0.480 e. The monoisotopic (exact) mass is 569 g/mol. The molecule has 0 bridgehead atoms. The molecule has 41 heavy (non-hydrogen) atoms. The molecule has 0 fully saturated rings. The number of aromatic nitrogens is 3. The first-order chi connectivity index (χ1) is 19.4. The van der Waals surface area contributed by atoms with Crippen molar-refractivity contribution < 1.29 is 33.9 Å². The molecule has 1 aromatic carbocycles. The molecule has 3 rings (SSSR count). The number of carbonyl (C=O) groups excluding carboxylic acids is 5. The van der Waals surface area contributed by atoms with Crippen molar-refractivity contribution in [1.29, 1.82) is 0 Å². The lowest BCUT2D eigenvalue weighted by atomic mass is 10.0. The lowest BCUT2D eigenvalue weighted by Crippen LogP contribution is -2.58. The predicted octanol–water partition coefficient (Wildman–Crippen LogP) is -2.71. The predicted molar refractivity (Wildman–Crippen MR) is 143 cm³/mol. The highest BCUT2D eigenvalue weighted by Crippen LogP contribution is 2.19. The SMILES string of the molecule is NC(=O)CC(N)C(=O)NC(Cc1cnc[nH]1)C(=O)NC(Cc1c[nH]c2ccccc12)C(=O)NC(CC(N)=O)C(=O)O. The summed E-state index contributed by atoms with van der Waals surface area (Å²) < 4.78 is 0. The van der Waals surface area contributed by atoms with Gasteiger partial charge in [0.05, 0.1) is 25.2 Å². The van der Waals surface area contributed by atoms with Crippen molar-refractivity contribution in [3.8, 4) is 0 Å². The molecule has 0 saturated carbocycles. The normalized spacial score (nSPS) is 13.9. The molecule has 0 aliphatic rings. The number of fused-ring (bicyclic) bond motifs is 1. The molecule has 0 radical (unpaired) electrons. The highest BCUT2D eigenvalue weighted by molar-refractivity contribution is 5.96. The minimum absolute atomic E-state index is 0.0869. The third-order valence-corrected chi connectivity index (χ3v) is 6.12. The molecule has 0 spiro atoms. The first-order valence-corrected chi connectivity index (χ1v) is 12.4. The van der Waals surface area contributed by atoms with E-state index in [4.69, 9.17) is 17.2 Å². The van der Waals surface area contributed by atoms with Gasteiger partial charge in [-0.1, -0.05) is 18.2 Å². The molecular weight excluding hydrogens is 538 g/mol. The highest BCUT2D eigenvalue weighted by atomic mass is 16.4. The van der Waals surface area contributed by atoms with Crippen molar-refractivity contribution in [2.75, 3.05) is 0 Å². The van der Waals surface area contributed by atoms with Crippen LogP contribution in [0.3, 0.4) is 0 Å². The topological polar surface area (TPSA) is 281 Å². The standard InChI is InChI=1S/C25H31N9O7/c26-15(7-20(27)35)22(37)32-18(6-13-10-29-11-31-13)24(39)33-17(23(38)34-19(25(40)41)8-21(28)36)5-12-9-30-16-4-2-1-3-14(12)16/h1-4,9-11,15,17-19,30H,5-8,26H2,(H2,27,35)(H2,28,36)(H,29,31)(H,32,37)(H,33,39)(H,34,38)(H,40,41). The zero-order chi connectivity index (χ0) is 30.1. The molecule has 16 heteroatoms. The highest BCUT2D eigenvalue weighted by Gasteiger charge is 2.32. The van der Waals surface area contributed by atoms with E-state index in [2.05, 4.69) is 30.9 Å². The van der Waals surface area contributed by atoms with Gasteiger partial charge in [0.15, 0.2) is 0 Å². The quantitative estimate of drug-likeness (QED) is 0.0918. The van der Waals surface area contributed by atoms with Gasteiger partial charge < -0.3 is 48.2 Å². The lowest BCUT2D eigenvalue weighted by Gasteiger charge is -2.25. The van der Waals surface area contributed by atoms with Gasteiger partial charge in [-0.15, -0.1) is 0 Å². The van der Waals surface area contributed by atoms with Crippen molar-refractivity contribution in [2.45, 2.75) is 49.9 Å². The number of carboxylic acids is 1. The number of aromatic amines is 2. The molecule has 3 aromatic rings. The van der Waals surface area contributed by atoms with Gasteiger partial charge in [0, 0.05) is 41.8 Å². The van der Waals surface area contributed by atoms with Crippen LogP contribution in [0.25, 0.3) is 10.9 Å². The van der Waals surface area contributed by atoms with E-state index >= 15 is 0 Å². The Balaban J connectivity index is 1.88. The molecule has 2 aromatic heterocycles. The fourth-order valence-electron chi connectivity index (χ4n) is 4.09. The van der Waals surface area contributed by atoms with Gasteiger partial charge in [0.1, 0.15) is 18.1 Å². The summed E-state index contributed by atoms with van der Waals surface area (Å²) in [6, 6.07) is 1.58. The molecule has 12 N–H and O–H groups in total. The smallest absolute Gasteiger partial charge is 0.326 e. The van der Waals surface area contributed by atoms with Gasteiger partial charge in [0.25, 0.3) is 0 Å². The summed E-state index contributed by atoms with van der Waals surface area (Å²) in [6.45, 7) is 0. The number of benzene rings is 1. The van der Waals surface area contributed by atoms with Crippen molar-refractivity contribution >= 4 is 46.4 Å². The van der Waals surface area contributed by atoms with Crippen LogP contribution in [-0.4, -0.2) is 79.7 Å². The number of para-hydroxylation sites is 1. The molecule has 16 nitrogen and oxygen atoms in total. The summed E-state index contributed by atoms with van der Waals surface area (Å²) in [4.78, 5) is 83.4. The molecule has 0 saturated heterocycles. The number of carboxylic acid groups (broad SMARTS) is 1. The molecular formula is C25H31N9O7. The summed E-state index contributed by atoms with van der Waals surface area (Å²) >= 11 is 0. The Morgan fingerprint density at radius 2 is 1.44 bits per heavy atom. The Bertz CT molecular complexity index is 1420. The maximum absolute atomic E-state index is 13.5. The Labute approximate surface area is 232 Å². The zero-order valence-electron chi connectivity index (χ0n) is 21.8. The summed E-state index contributed by atoms with van der Waals surface area (Å²) in [5, 5.41) is 17.5. The maximum atomic E-state index is 13.5. The zero-order valence-corrected chi connectivity index (χ0v) is 21.8. The largest absolute Gasteiger partial charge is 0.480 e. The minimum atomic E-state index is -1.64. The average Bonchev–Trinajstić information content (AvgIpc) is 3.56. The first-order valence-electron chi connectivity index (χ1n) is 12.4. The molecule has 5 amide bonds. The van der Waals surface area contributed by atoms with Gasteiger partial charge >= 0.3 is 5.97 Å². The lowest BCUT2D eigenvalue weighted by molar-refractivity contribution is -0.143. The van der Waals surface area contributed by atoms with E-state index in [9.17, 15) is 33.9 Å². The number of imidazole rings is 1. The first kappa shape index (κ1) is 30.3. The van der Waals surface area contributed by atoms with Gasteiger partial charge in [-0.05, 0) is 11.6 Å². The Morgan fingerprint density at radius 1 is 0.829 bits per heavy atom. The molecule has 4 atom stereocenters. The second-order valence-corrected chi connectivity index (χ2v) is 9.31. The Morgan fingerprint density at radius 3 is 2.05 bits per heavy atom. The number of nitrogens with zero attached hydrogens (tertiary/aromatic N) is 1. The Hall–Kier alpha value is -5.25. The van der Waals surface area contributed by atoms with Crippen LogP contribution in [0, 0.1) is 0 Å². The molecule has 4 unspecified atom stereocenters. The van der Waals surface area contributed by atoms with Gasteiger partial charge in [-0.3, -0.25) is 24.0 Å². The van der Waals surface area contributed by atoms with E-state index in [0.717, 1.165) is 10.9 Å². The maximum Gasteiger partial charge on any atom is 0.326 e. The fourth-order valence-corrected chi connectivity index (χ4v) is 4.09. The number of aliphatic carboxylic acids is 1. The summed E-state index contributed by atoms with van der Waals surface area (Å²) in [5.74, 6) is -5.84. The average molecular weight is 570 g/mol. The number of primary amides is 2. The second-order valence-electron chi connectivity index (χ2n) is 9.31.